The fraction of sp³-hybridized carbons (Fsp3) is 0.562. The molecule has 4 nitrogen and oxygen atoms in total. The Bertz CT molecular complexity index is 468. The lowest BCUT2D eigenvalue weighted by molar-refractivity contribution is 0.0668. The summed E-state index contributed by atoms with van der Waals surface area (Å²) in [6, 6.07) is 11.1. The molecule has 0 bridgehead atoms. The van der Waals surface area contributed by atoms with Gasteiger partial charge in [0.2, 0.25) is 0 Å². The van der Waals surface area contributed by atoms with Gasteiger partial charge in [0.05, 0.1) is 19.3 Å². The van der Waals surface area contributed by atoms with E-state index in [9.17, 15) is 0 Å². The first-order valence-corrected chi connectivity index (χ1v) is 7.46. The molecule has 1 saturated carbocycles. The summed E-state index contributed by atoms with van der Waals surface area (Å²) >= 11 is 0. The molecule has 2 aliphatic rings. The van der Waals surface area contributed by atoms with Crippen LogP contribution in [0.4, 0.5) is 0 Å². The van der Waals surface area contributed by atoms with Gasteiger partial charge in [-0.3, -0.25) is 0 Å². The van der Waals surface area contributed by atoms with Gasteiger partial charge in [-0.25, -0.2) is 4.99 Å². The van der Waals surface area contributed by atoms with Gasteiger partial charge in [0.1, 0.15) is 0 Å². The van der Waals surface area contributed by atoms with Crippen LogP contribution in [0.2, 0.25) is 0 Å². The highest BCUT2D eigenvalue weighted by atomic mass is 16.5. The Morgan fingerprint density at radius 3 is 2.60 bits per heavy atom. The van der Waals surface area contributed by atoms with Gasteiger partial charge in [-0.2, -0.15) is 0 Å². The van der Waals surface area contributed by atoms with E-state index in [1.807, 2.05) is 0 Å². The number of hydrogen-bond donors (Lipinski definition) is 1. The summed E-state index contributed by atoms with van der Waals surface area (Å²) in [4.78, 5) is 6.86. The van der Waals surface area contributed by atoms with Crippen molar-refractivity contribution in [1.29, 1.82) is 0 Å². The highest BCUT2D eigenvalue weighted by Gasteiger charge is 2.38. The Morgan fingerprint density at radius 1 is 1.25 bits per heavy atom. The standard InChI is InChI=1S/C16H23N3O/c1-12-14(13-5-3-2-4-6-13)11-15(12)18-16(17)19-7-9-20-10-8-19/h2-6,12,14-15H,7-11H2,1H3,(H2,17,18)/t12-,14-,15-/m0/s1. The summed E-state index contributed by atoms with van der Waals surface area (Å²) in [5.74, 6) is 1.89. The zero-order chi connectivity index (χ0) is 13.9. The monoisotopic (exact) mass is 273 g/mol. The third kappa shape index (κ3) is 2.66. The van der Waals surface area contributed by atoms with Gasteiger partial charge in [-0.05, 0) is 23.8 Å². The second-order valence-electron chi connectivity index (χ2n) is 5.77. The fourth-order valence-corrected chi connectivity index (χ4v) is 3.12. The first kappa shape index (κ1) is 13.4. The Labute approximate surface area is 120 Å². The lowest BCUT2D eigenvalue weighted by Crippen LogP contribution is -2.47. The van der Waals surface area contributed by atoms with Crippen LogP contribution in [0.1, 0.15) is 24.8 Å². The number of guanidine groups is 1. The van der Waals surface area contributed by atoms with Crippen molar-refractivity contribution in [1.82, 2.24) is 4.90 Å². The number of rotatable bonds is 2. The molecule has 1 aromatic rings. The average Bonchev–Trinajstić information content (AvgIpc) is 2.52. The molecule has 0 unspecified atom stereocenters. The van der Waals surface area contributed by atoms with Crippen molar-refractivity contribution in [2.75, 3.05) is 26.3 Å². The van der Waals surface area contributed by atoms with E-state index in [-0.39, 0.29) is 0 Å². The topological polar surface area (TPSA) is 50.8 Å². The van der Waals surface area contributed by atoms with E-state index in [0.717, 1.165) is 32.7 Å². The molecule has 0 radical (unpaired) electrons. The highest BCUT2D eigenvalue weighted by Crippen LogP contribution is 2.44. The molecule has 20 heavy (non-hydrogen) atoms. The van der Waals surface area contributed by atoms with Crippen LogP contribution in [-0.2, 0) is 4.74 Å². The van der Waals surface area contributed by atoms with E-state index in [1.54, 1.807) is 0 Å². The number of benzene rings is 1. The minimum Gasteiger partial charge on any atom is -0.378 e. The van der Waals surface area contributed by atoms with Crippen LogP contribution in [0, 0.1) is 5.92 Å². The third-order valence-electron chi connectivity index (χ3n) is 4.60. The Kier molecular flexibility index (Phi) is 3.92. The quantitative estimate of drug-likeness (QED) is 0.660. The van der Waals surface area contributed by atoms with E-state index in [2.05, 4.69) is 42.2 Å². The second-order valence-corrected chi connectivity index (χ2v) is 5.77. The SMILES string of the molecule is C[C@@H]1[C@@H](N=C(N)N2CCOCC2)C[C@@H]1c1ccccc1. The number of hydrogen-bond acceptors (Lipinski definition) is 2. The molecular weight excluding hydrogens is 250 g/mol. The first-order valence-electron chi connectivity index (χ1n) is 7.46. The van der Waals surface area contributed by atoms with Crippen molar-refractivity contribution in [3.8, 4) is 0 Å². The maximum Gasteiger partial charge on any atom is 0.191 e. The minimum absolute atomic E-state index is 0.364. The molecule has 4 heteroatoms. The summed E-state index contributed by atoms with van der Waals surface area (Å²) in [6.07, 6.45) is 1.11. The summed E-state index contributed by atoms with van der Waals surface area (Å²) in [5.41, 5.74) is 7.55. The number of ether oxygens (including phenoxy) is 1. The Hall–Kier alpha value is -1.55. The largest absolute Gasteiger partial charge is 0.378 e. The van der Waals surface area contributed by atoms with E-state index in [0.29, 0.717) is 23.8 Å². The van der Waals surface area contributed by atoms with Crippen molar-refractivity contribution in [3.63, 3.8) is 0 Å². The molecule has 2 N–H and O–H groups in total. The summed E-state index contributed by atoms with van der Waals surface area (Å²) in [7, 11) is 0. The van der Waals surface area contributed by atoms with Crippen LogP contribution in [0.5, 0.6) is 0 Å². The van der Waals surface area contributed by atoms with E-state index in [4.69, 9.17) is 15.5 Å². The summed E-state index contributed by atoms with van der Waals surface area (Å²) in [6.45, 7) is 5.51. The number of nitrogens with zero attached hydrogens (tertiary/aromatic N) is 2. The number of aliphatic imine (C=N–C) groups is 1. The van der Waals surface area contributed by atoms with Gasteiger partial charge < -0.3 is 15.4 Å². The molecular formula is C16H23N3O. The van der Waals surface area contributed by atoms with Crippen LogP contribution in [-0.4, -0.2) is 43.2 Å². The Morgan fingerprint density at radius 2 is 1.95 bits per heavy atom. The molecule has 0 aromatic heterocycles. The van der Waals surface area contributed by atoms with Gasteiger partial charge in [-0.1, -0.05) is 37.3 Å². The Balaban J connectivity index is 1.60. The second kappa shape index (κ2) is 5.83. The maximum atomic E-state index is 6.13. The lowest BCUT2D eigenvalue weighted by Gasteiger charge is -2.41. The van der Waals surface area contributed by atoms with Gasteiger partial charge in [0, 0.05) is 13.1 Å². The number of morpholine rings is 1. The summed E-state index contributed by atoms with van der Waals surface area (Å²) in [5, 5.41) is 0. The van der Waals surface area contributed by atoms with Crippen molar-refractivity contribution >= 4 is 5.96 Å². The van der Waals surface area contributed by atoms with Crippen LogP contribution in [0.15, 0.2) is 35.3 Å². The molecule has 1 saturated heterocycles. The zero-order valence-corrected chi connectivity index (χ0v) is 12.0. The normalized spacial score (nSPS) is 30.9. The van der Waals surface area contributed by atoms with Crippen LogP contribution < -0.4 is 5.73 Å². The van der Waals surface area contributed by atoms with Crippen LogP contribution in [0.25, 0.3) is 0 Å². The highest BCUT2D eigenvalue weighted by molar-refractivity contribution is 5.78. The van der Waals surface area contributed by atoms with Crippen LogP contribution in [0.3, 0.4) is 0 Å². The van der Waals surface area contributed by atoms with Gasteiger partial charge in [0.15, 0.2) is 5.96 Å². The van der Waals surface area contributed by atoms with Crippen molar-refractivity contribution in [2.24, 2.45) is 16.6 Å². The first-order chi connectivity index (χ1) is 9.75. The van der Waals surface area contributed by atoms with Gasteiger partial charge in [-0.15, -0.1) is 0 Å². The molecule has 1 aliphatic heterocycles. The zero-order valence-electron chi connectivity index (χ0n) is 12.0. The number of nitrogens with two attached hydrogens (primary N) is 1. The predicted octanol–water partition coefficient (Wildman–Crippen LogP) is 1.83. The molecule has 0 amide bonds. The van der Waals surface area contributed by atoms with E-state index < -0.39 is 0 Å². The van der Waals surface area contributed by atoms with E-state index >= 15 is 0 Å². The van der Waals surface area contributed by atoms with Crippen molar-refractivity contribution in [3.05, 3.63) is 35.9 Å². The van der Waals surface area contributed by atoms with Gasteiger partial charge in [0.25, 0.3) is 0 Å². The maximum absolute atomic E-state index is 6.13. The minimum atomic E-state index is 0.364. The van der Waals surface area contributed by atoms with Gasteiger partial charge >= 0.3 is 0 Å². The van der Waals surface area contributed by atoms with Crippen molar-refractivity contribution < 1.29 is 4.74 Å². The van der Waals surface area contributed by atoms with Crippen molar-refractivity contribution in [2.45, 2.75) is 25.3 Å². The molecule has 1 heterocycles. The van der Waals surface area contributed by atoms with E-state index in [1.165, 1.54) is 5.56 Å². The smallest absolute Gasteiger partial charge is 0.191 e. The molecule has 1 aliphatic carbocycles. The molecule has 3 rings (SSSR count). The van der Waals surface area contributed by atoms with Crippen LogP contribution >= 0.6 is 0 Å². The lowest BCUT2D eigenvalue weighted by atomic mass is 9.67. The molecule has 108 valence electrons. The molecule has 2 fully saturated rings. The third-order valence-corrected chi connectivity index (χ3v) is 4.60. The predicted molar refractivity (Wildman–Crippen MR) is 80.8 cm³/mol. The summed E-state index contributed by atoms with van der Waals surface area (Å²) < 4.78 is 5.34. The average molecular weight is 273 g/mol. The molecule has 0 spiro atoms. The fourth-order valence-electron chi connectivity index (χ4n) is 3.12. The molecule has 1 aromatic carbocycles. The molecule has 3 atom stereocenters.